The molecule has 3 nitrogen and oxygen atoms in total. The predicted octanol–water partition coefficient (Wildman–Crippen LogP) is 2.12. The SMILES string of the molecule is NCC#Cc1cc(C(=O)NC2CCCCC2)cs1. The lowest BCUT2D eigenvalue weighted by molar-refractivity contribution is 0.0928. The summed E-state index contributed by atoms with van der Waals surface area (Å²) in [6.07, 6.45) is 5.96. The van der Waals surface area contributed by atoms with Crippen LogP contribution >= 0.6 is 11.3 Å². The Kier molecular flexibility index (Phi) is 4.80. The number of carbonyl (C=O) groups is 1. The summed E-state index contributed by atoms with van der Waals surface area (Å²) in [4.78, 5) is 12.9. The highest BCUT2D eigenvalue weighted by Gasteiger charge is 2.17. The third-order valence-electron chi connectivity index (χ3n) is 3.12. The second-order valence-electron chi connectivity index (χ2n) is 4.51. The lowest BCUT2D eigenvalue weighted by atomic mass is 9.95. The van der Waals surface area contributed by atoms with E-state index in [1.807, 2.05) is 11.4 Å². The Labute approximate surface area is 112 Å². The predicted molar refractivity (Wildman–Crippen MR) is 74.6 cm³/mol. The van der Waals surface area contributed by atoms with Crippen molar-refractivity contribution in [3.63, 3.8) is 0 Å². The standard InChI is InChI=1S/C14H18N2OS/c15-8-4-7-13-9-11(10-18-13)14(17)16-12-5-2-1-3-6-12/h9-10,12H,1-3,5-6,8,15H2,(H,16,17). The third-order valence-corrected chi connectivity index (χ3v) is 3.96. The molecule has 18 heavy (non-hydrogen) atoms. The molecule has 1 aliphatic carbocycles. The van der Waals surface area contributed by atoms with Crippen LogP contribution < -0.4 is 11.1 Å². The van der Waals surface area contributed by atoms with Crippen LogP contribution in [0.4, 0.5) is 0 Å². The van der Waals surface area contributed by atoms with Gasteiger partial charge in [0.15, 0.2) is 0 Å². The van der Waals surface area contributed by atoms with Crippen molar-refractivity contribution in [1.29, 1.82) is 0 Å². The minimum Gasteiger partial charge on any atom is -0.349 e. The quantitative estimate of drug-likeness (QED) is 0.802. The molecular formula is C14H18N2OS. The Morgan fingerprint density at radius 1 is 1.44 bits per heavy atom. The van der Waals surface area contributed by atoms with Crippen LogP contribution in [0.25, 0.3) is 0 Å². The Hall–Kier alpha value is -1.31. The fourth-order valence-electron chi connectivity index (χ4n) is 2.17. The maximum absolute atomic E-state index is 12.0. The highest BCUT2D eigenvalue weighted by molar-refractivity contribution is 7.10. The summed E-state index contributed by atoms with van der Waals surface area (Å²) in [5.74, 6) is 5.77. The van der Waals surface area contributed by atoms with E-state index in [4.69, 9.17) is 5.73 Å². The number of hydrogen-bond acceptors (Lipinski definition) is 3. The number of thiophene rings is 1. The first-order valence-corrected chi connectivity index (χ1v) is 7.26. The van der Waals surface area contributed by atoms with Crippen molar-refractivity contribution < 1.29 is 4.79 Å². The molecule has 1 aromatic rings. The van der Waals surface area contributed by atoms with E-state index in [-0.39, 0.29) is 5.91 Å². The van der Waals surface area contributed by atoms with Gasteiger partial charge in [0.2, 0.25) is 0 Å². The van der Waals surface area contributed by atoms with E-state index in [0.717, 1.165) is 17.7 Å². The smallest absolute Gasteiger partial charge is 0.252 e. The van der Waals surface area contributed by atoms with E-state index in [2.05, 4.69) is 17.2 Å². The molecule has 1 amide bonds. The first kappa shape index (κ1) is 13.1. The average molecular weight is 262 g/mol. The first-order chi connectivity index (χ1) is 8.79. The van der Waals surface area contributed by atoms with Gasteiger partial charge in [-0.2, -0.15) is 0 Å². The van der Waals surface area contributed by atoms with Crippen LogP contribution in [0.3, 0.4) is 0 Å². The maximum Gasteiger partial charge on any atom is 0.252 e. The molecule has 0 atom stereocenters. The average Bonchev–Trinajstić information content (AvgIpc) is 2.86. The lowest BCUT2D eigenvalue weighted by Crippen LogP contribution is -2.35. The number of rotatable bonds is 2. The summed E-state index contributed by atoms with van der Waals surface area (Å²) in [5, 5.41) is 4.96. The van der Waals surface area contributed by atoms with Gasteiger partial charge in [0.05, 0.1) is 17.0 Å². The van der Waals surface area contributed by atoms with Crippen molar-refractivity contribution >= 4 is 17.2 Å². The van der Waals surface area contributed by atoms with Crippen LogP contribution in [0.1, 0.15) is 47.3 Å². The molecule has 0 radical (unpaired) electrons. The van der Waals surface area contributed by atoms with Crippen molar-refractivity contribution in [1.82, 2.24) is 5.32 Å². The molecule has 0 saturated heterocycles. The summed E-state index contributed by atoms with van der Waals surface area (Å²) >= 11 is 1.49. The van der Waals surface area contributed by atoms with Gasteiger partial charge in [-0.1, -0.05) is 31.1 Å². The van der Waals surface area contributed by atoms with Gasteiger partial charge in [0.25, 0.3) is 5.91 Å². The Morgan fingerprint density at radius 2 is 2.22 bits per heavy atom. The first-order valence-electron chi connectivity index (χ1n) is 6.38. The van der Waals surface area contributed by atoms with Gasteiger partial charge in [-0.05, 0) is 18.9 Å². The minimum atomic E-state index is 0.0268. The van der Waals surface area contributed by atoms with Gasteiger partial charge in [-0.15, -0.1) is 11.3 Å². The summed E-state index contributed by atoms with van der Waals surface area (Å²) in [6, 6.07) is 2.19. The maximum atomic E-state index is 12.0. The molecular weight excluding hydrogens is 244 g/mol. The van der Waals surface area contributed by atoms with Gasteiger partial charge >= 0.3 is 0 Å². The van der Waals surface area contributed by atoms with Crippen LogP contribution in [-0.4, -0.2) is 18.5 Å². The monoisotopic (exact) mass is 262 g/mol. The molecule has 4 heteroatoms. The molecule has 1 heterocycles. The van der Waals surface area contributed by atoms with Crippen molar-refractivity contribution in [3.8, 4) is 11.8 Å². The van der Waals surface area contributed by atoms with Gasteiger partial charge < -0.3 is 11.1 Å². The molecule has 0 aromatic carbocycles. The Morgan fingerprint density at radius 3 is 2.94 bits per heavy atom. The normalized spacial score (nSPS) is 15.8. The molecule has 1 aromatic heterocycles. The highest BCUT2D eigenvalue weighted by atomic mass is 32.1. The van der Waals surface area contributed by atoms with Crippen LogP contribution in [0, 0.1) is 11.8 Å². The molecule has 0 aliphatic heterocycles. The summed E-state index contributed by atoms with van der Waals surface area (Å²) in [5.41, 5.74) is 6.03. The second-order valence-corrected chi connectivity index (χ2v) is 5.43. The van der Waals surface area contributed by atoms with Crippen LogP contribution in [0.5, 0.6) is 0 Å². The molecule has 0 spiro atoms. The molecule has 0 bridgehead atoms. The molecule has 1 fully saturated rings. The largest absolute Gasteiger partial charge is 0.349 e. The van der Waals surface area contributed by atoms with Gasteiger partial charge in [-0.25, -0.2) is 0 Å². The Balaban J connectivity index is 1.93. The van der Waals surface area contributed by atoms with E-state index in [9.17, 15) is 4.79 Å². The molecule has 1 saturated carbocycles. The third kappa shape index (κ3) is 3.59. The minimum absolute atomic E-state index is 0.0268. The summed E-state index contributed by atoms with van der Waals surface area (Å²) in [7, 11) is 0. The van der Waals surface area contributed by atoms with Gasteiger partial charge in [0.1, 0.15) is 0 Å². The van der Waals surface area contributed by atoms with E-state index in [1.165, 1.54) is 30.6 Å². The second kappa shape index (κ2) is 6.58. The van der Waals surface area contributed by atoms with Gasteiger partial charge in [0, 0.05) is 11.4 Å². The molecule has 1 aliphatic rings. The van der Waals surface area contributed by atoms with E-state index in [0.29, 0.717) is 18.2 Å². The number of carbonyl (C=O) groups excluding carboxylic acids is 1. The zero-order valence-electron chi connectivity index (χ0n) is 10.4. The number of hydrogen-bond donors (Lipinski definition) is 2. The number of nitrogens with two attached hydrogens (primary N) is 1. The highest BCUT2D eigenvalue weighted by Crippen LogP contribution is 2.19. The van der Waals surface area contributed by atoms with Crippen LogP contribution in [-0.2, 0) is 0 Å². The van der Waals surface area contributed by atoms with Crippen molar-refractivity contribution in [2.75, 3.05) is 6.54 Å². The Bertz CT molecular complexity index is 464. The topological polar surface area (TPSA) is 55.1 Å². The summed E-state index contributed by atoms with van der Waals surface area (Å²) < 4.78 is 0. The fourth-order valence-corrected chi connectivity index (χ4v) is 2.93. The zero-order chi connectivity index (χ0) is 12.8. The van der Waals surface area contributed by atoms with Crippen LogP contribution in [0.15, 0.2) is 11.4 Å². The fraction of sp³-hybridized carbons (Fsp3) is 0.500. The summed E-state index contributed by atoms with van der Waals surface area (Å²) in [6.45, 7) is 0.349. The van der Waals surface area contributed by atoms with E-state index in [1.54, 1.807) is 0 Å². The van der Waals surface area contributed by atoms with Crippen molar-refractivity contribution in [3.05, 3.63) is 21.9 Å². The van der Waals surface area contributed by atoms with Crippen molar-refractivity contribution in [2.45, 2.75) is 38.1 Å². The molecule has 0 unspecified atom stereocenters. The van der Waals surface area contributed by atoms with E-state index < -0.39 is 0 Å². The molecule has 3 N–H and O–H groups in total. The number of nitrogens with one attached hydrogen (secondary N) is 1. The lowest BCUT2D eigenvalue weighted by Gasteiger charge is -2.22. The van der Waals surface area contributed by atoms with Gasteiger partial charge in [-0.3, -0.25) is 4.79 Å². The number of amides is 1. The van der Waals surface area contributed by atoms with Crippen LogP contribution in [0.2, 0.25) is 0 Å². The zero-order valence-corrected chi connectivity index (χ0v) is 11.2. The van der Waals surface area contributed by atoms with Crippen molar-refractivity contribution in [2.24, 2.45) is 5.73 Å². The molecule has 96 valence electrons. The molecule has 2 rings (SSSR count). The van der Waals surface area contributed by atoms with E-state index >= 15 is 0 Å².